The van der Waals surface area contributed by atoms with Gasteiger partial charge in [-0.1, -0.05) is 89.7 Å². The van der Waals surface area contributed by atoms with Gasteiger partial charge < -0.3 is 16.0 Å². The average molecular weight is 640 g/mol. The number of rotatable bonds is 9. The van der Waals surface area contributed by atoms with Gasteiger partial charge in [0.1, 0.15) is 5.82 Å². The molecule has 2 heterocycles. The molecule has 2 fully saturated rings. The predicted octanol–water partition coefficient (Wildman–Crippen LogP) is 7.57. The number of pyridine rings is 1. The van der Waals surface area contributed by atoms with Gasteiger partial charge in [-0.3, -0.25) is 9.98 Å². The second-order valence-corrected chi connectivity index (χ2v) is 12.9. The maximum atomic E-state index is 6.94. The summed E-state index contributed by atoms with van der Waals surface area (Å²) in [5.41, 5.74) is 11.0. The van der Waals surface area contributed by atoms with Crippen LogP contribution in [0.3, 0.4) is 0 Å². The number of anilines is 1. The number of aliphatic imine (C=N–C) groups is 1. The summed E-state index contributed by atoms with van der Waals surface area (Å²) in [6.45, 7) is 14.1. The quantitative estimate of drug-likeness (QED) is 0.275. The minimum Gasteiger partial charge on any atom is -0.401 e. The van der Waals surface area contributed by atoms with Gasteiger partial charge >= 0.3 is 0 Å². The fourth-order valence-corrected chi connectivity index (χ4v) is 6.57. The molecule has 0 unspecified atom stereocenters. The van der Waals surface area contributed by atoms with Crippen molar-refractivity contribution in [3.63, 3.8) is 0 Å². The third-order valence-electron chi connectivity index (χ3n) is 9.59. The first-order chi connectivity index (χ1) is 22.9. The first-order valence-electron chi connectivity index (χ1n) is 18.1. The Bertz CT molecular complexity index is 1480. The number of hydrogen-bond acceptors (Lipinski definition) is 7. The fraction of sp³-hybridized carbons (Fsp3) is 0.550. The third-order valence-corrected chi connectivity index (χ3v) is 9.59. The Kier molecular flexibility index (Phi) is 16.1. The van der Waals surface area contributed by atoms with Crippen LogP contribution in [0.25, 0.3) is 30.2 Å². The SMILES string of the molecule is C=c1c(N(C)CCNC)nc(-c2ccncc2/C=C(\N)C2(/C3=C/C=C\CCCC3)CCC2)n/c1=C/N=CC.CC.CC1CCCCC1. The van der Waals surface area contributed by atoms with E-state index in [9.17, 15) is 0 Å². The second-order valence-electron chi connectivity index (χ2n) is 12.9. The highest BCUT2D eigenvalue weighted by atomic mass is 15.2. The molecule has 3 aliphatic rings. The van der Waals surface area contributed by atoms with Crippen LogP contribution in [-0.2, 0) is 0 Å². The van der Waals surface area contributed by atoms with Crippen molar-refractivity contribution >= 4 is 30.9 Å². The molecule has 0 bridgehead atoms. The van der Waals surface area contributed by atoms with Crippen LogP contribution in [0.15, 0.2) is 53.0 Å². The van der Waals surface area contributed by atoms with Crippen molar-refractivity contribution in [1.29, 1.82) is 0 Å². The Morgan fingerprint density at radius 1 is 1.13 bits per heavy atom. The minimum atomic E-state index is -0.0693. The van der Waals surface area contributed by atoms with Gasteiger partial charge in [-0.15, -0.1) is 0 Å². The van der Waals surface area contributed by atoms with Gasteiger partial charge in [0.15, 0.2) is 5.82 Å². The first-order valence-corrected chi connectivity index (χ1v) is 18.1. The maximum absolute atomic E-state index is 6.94. The van der Waals surface area contributed by atoms with Crippen molar-refractivity contribution in [2.24, 2.45) is 22.1 Å². The highest BCUT2D eigenvalue weighted by molar-refractivity contribution is 5.73. The zero-order chi connectivity index (χ0) is 34.1. The zero-order valence-corrected chi connectivity index (χ0v) is 30.2. The van der Waals surface area contributed by atoms with Gasteiger partial charge in [-0.05, 0) is 70.6 Å². The summed E-state index contributed by atoms with van der Waals surface area (Å²) in [7, 11) is 3.96. The highest BCUT2D eigenvalue weighted by Gasteiger charge is 2.42. The van der Waals surface area contributed by atoms with E-state index in [1.165, 1.54) is 56.9 Å². The van der Waals surface area contributed by atoms with Gasteiger partial charge in [-0.25, -0.2) is 9.97 Å². The molecule has 3 aliphatic carbocycles. The molecule has 0 amide bonds. The number of allylic oxidation sites excluding steroid dienone is 4. The molecule has 256 valence electrons. The van der Waals surface area contributed by atoms with E-state index < -0.39 is 0 Å². The fourth-order valence-electron chi connectivity index (χ4n) is 6.57. The van der Waals surface area contributed by atoms with Crippen molar-refractivity contribution in [2.75, 3.05) is 32.1 Å². The molecule has 0 aliphatic heterocycles. The Labute approximate surface area is 285 Å². The first kappa shape index (κ1) is 37.9. The summed E-state index contributed by atoms with van der Waals surface area (Å²) in [6, 6.07) is 1.97. The summed E-state index contributed by atoms with van der Waals surface area (Å²) in [5, 5.41) is 4.64. The largest absolute Gasteiger partial charge is 0.401 e. The van der Waals surface area contributed by atoms with E-state index in [1.807, 2.05) is 47.1 Å². The number of hydrogen-bond donors (Lipinski definition) is 2. The summed E-state index contributed by atoms with van der Waals surface area (Å²) in [6.07, 6.45) is 31.5. The Hall–Kier alpha value is -3.58. The number of nitrogens with two attached hydrogens (primary N) is 1. The van der Waals surface area contributed by atoms with E-state index in [2.05, 4.69) is 58.0 Å². The number of nitrogens with one attached hydrogen (secondary N) is 1. The van der Waals surface area contributed by atoms with Crippen molar-refractivity contribution in [3.05, 3.63) is 64.1 Å². The van der Waals surface area contributed by atoms with E-state index in [-0.39, 0.29) is 5.41 Å². The standard InChI is InChI=1S/C31H41N7.C7H14.C2H6/c1-5-34-22-27-23(2)30(38(4)19-18-33-3)37-29(36-27)26-14-17-35-21-24(26)20-28(32)31(15-11-16-31)25-12-9-7-6-8-10-13-25;1-7-5-3-2-4-6-7;1-2/h5,7,9,12,14,17,20-22,33H,2,6,8,10-11,13,15-16,18-19,32H2,1,3-4H3;7H,2-6H2,1H3;1-2H3/b9-7-,25-12+,27-22+,28-20-,34-5?;;. The molecule has 0 radical (unpaired) electrons. The number of nitrogens with zero attached hydrogens (tertiary/aromatic N) is 5. The van der Waals surface area contributed by atoms with Crippen molar-refractivity contribution in [2.45, 2.75) is 105 Å². The van der Waals surface area contributed by atoms with E-state index in [4.69, 9.17) is 15.7 Å². The summed E-state index contributed by atoms with van der Waals surface area (Å²) < 4.78 is 0. The number of likely N-dealkylation sites (N-methyl/N-ethyl adjacent to an activating group) is 2. The van der Waals surface area contributed by atoms with Crippen LogP contribution < -0.4 is 26.5 Å². The topological polar surface area (TPSA) is 92.3 Å². The third kappa shape index (κ3) is 10.5. The summed E-state index contributed by atoms with van der Waals surface area (Å²) in [4.78, 5) is 20.7. The van der Waals surface area contributed by atoms with Gasteiger partial charge in [-0.2, -0.15) is 0 Å². The number of aromatic nitrogens is 3. The van der Waals surface area contributed by atoms with Gasteiger partial charge in [0, 0.05) is 66.2 Å². The Morgan fingerprint density at radius 2 is 1.89 bits per heavy atom. The van der Waals surface area contributed by atoms with Gasteiger partial charge in [0.2, 0.25) is 0 Å². The minimum absolute atomic E-state index is 0.0693. The van der Waals surface area contributed by atoms with Crippen LogP contribution in [0.5, 0.6) is 0 Å². The molecule has 0 saturated heterocycles. The van der Waals surface area contributed by atoms with Crippen molar-refractivity contribution in [1.82, 2.24) is 20.3 Å². The van der Waals surface area contributed by atoms with Crippen LogP contribution in [0.4, 0.5) is 5.82 Å². The highest BCUT2D eigenvalue weighted by Crippen LogP contribution is 2.53. The molecule has 47 heavy (non-hydrogen) atoms. The van der Waals surface area contributed by atoms with Crippen LogP contribution in [-0.4, -0.2) is 48.4 Å². The predicted molar refractivity (Wildman–Crippen MR) is 204 cm³/mol. The second kappa shape index (κ2) is 19.9. The smallest absolute Gasteiger partial charge is 0.162 e. The van der Waals surface area contributed by atoms with Gasteiger partial charge in [0.25, 0.3) is 0 Å². The van der Waals surface area contributed by atoms with Crippen molar-refractivity contribution in [3.8, 4) is 11.4 Å². The molecule has 0 atom stereocenters. The van der Waals surface area contributed by atoms with Gasteiger partial charge in [0.05, 0.1) is 11.5 Å². The van der Waals surface area contributed by atoms with E-state index in [0.717, 1.165) is 72.6 Å². The van der Waals surface area contributed by atoms with E-state index >= 15 is 0 Å². The molecule has 2 saturated carbocycles. The maximum Gasteiger partial charge on any atom is 0.162 e. The molecule has 3 N–H and O–H groups in total. The molecule has 2 aromatic rings. The average Bonchev–Trinajstić information content (AvgIpc) is 3.05. The van der Waals surface area contributed by atoms with Crippen LogP contribution in [0.1, 0.15) is 110 Å². The van der Waals surface area contributed by atoms with E-state index in [0.29, 0.717) is 11.2 Å². The lowest BCUT2D eigenvalue weighted by Crippen LogP contribution is -2.38. The van der Waals surface area contributed by atoms with E-state index in [1.54, 1.807) is 18.6 Å². The summed E-state index contributed by atoms with van der Waals surface area (Å²) >= 11 is 0. The molecular weight excluding hydrogens is 578 g/mol. The Balaban J connectivity index is 0.000000582. The zero-order valence-electron chi connectivity index (χ0n) is 30.2. The lowest BCUT2D eigenvalue weighted by Gasteiger charge is -2.45. The van der Waals surface area contributed by atoms with Crippen LogP contribution in [0.2, 0.25) is 0 Å². The van der Waals surface area contributed by atoms with Crippen LogP contribution in [0, 0.1) is 11.3 Å². The molecule has 7 heteroatoms. The molecule has 2 aromatic heterocycles. The monoisotopic (exact) mass is 639 g/mol. The molecule has 0 spiro atoms. The molecule has 0 aromatic carbocycles. The Morgan fingerprint density at radius 3 is 2.53 bits per heavy atom. The molecule has 7 nitrogen and oxygen atoms in total. The lowest BCUT2D eigenvalue weighted by molar-refractivity contribution is 0.229. The lowest BCUT2D eigenvalue weighted by atomic mass is 9.60. The van der Waals surface area contributed by atoms with Crippen LogP contribution >= 0.6 is 0 Å². The molecular formula is C40H61N7. The van der Waals surface area contributed by atoms with Crippen molar-refractivity contribution < 1.29 is 0 Å². The molecule has 5 rings (SSSR count). The normalized spacial score (nSPS) is 20.3. The summed E-state index contributed by atoms with van der Waals surface area (Å²) in [5.74, 6) is 2.43.